The second-order valence-corrected chi connectivity index (χ2v) is 4.14. The molecule has 4 heteroatoms. The molecule has 98 valence electrons. The highest BCUT2D eigenvalue weighted by molar-refractivity contribution is 5.82. The van der Waals surface area contributed by atoms with Crippen LogP contribution in [0.15, 0.2) is 11.6 Å². The predicted molar refractivity (Wildman–Crippen MR) is 64.8 cm³/mol. The summed E-state index contributed by atoms with van der Waals surface area (Å²) in [5.41, 5.74) is 1.14. The van der Waals surface area contributed by atoms with Gasteiger partial charge >= 0.3 is 5.97 Å². The van der Waals surface area contributed by atoms with E-state index >= 15 is 0 Å². The quantitative estimate of drug-likeness (QED) is 0.406. The SMILES string of the molecule is CCOC(=O)/C=C1\CCCC(OCCOC)C1. The Balaban J connectivity index is 2.35. The maximum atomic E-state index is 11.3. The van der Waals surface area contributed by atoms with Gasteiger partial charge in [0.15, 0.2) is 0 Å². The van der Waals surface area contributed by atoms with Crippen molar-refractivity contribution in [2.45, 2.75) is 38.7 Å². The van der Waals surface area contributed by atoms with Crippen molar-refractivity contribution in [2.24, 2.45) is 0 Å². The molecule has 0 spiro atoms. The number of esters is 1. The fourth-order valence-electron chi connectivity index (χ4n) is 1.98. The summed E-state index contributed by atoms with van der Waals surface area (Å²) in [4.78, 5) is 11.3. The molecule has 0 radical (unpaired) electrons. The third-order valence-corrected chi connectivity index (χ3v) is 2.76. The molecule has 0 amide bonds. The van der Waals surface area contributed by atoms with Crippen LogP contribution in [0.2, 0.25) is 0 Å². The van der Waals surface area contributed by atoms with Gasteiger partial charge in [-0.3, -0.25) is 0 Å². The summed E-state index contributed by atoms with van der Waals surface area (Å²) in [5.74, 6) is -0.236. The fourth-order valence-corrected chi connectivity index (χ4v) is 1.98. The number of ether oxygens (including phenoxy) is 3. The topological polar surface area (TPSA) is 44.8 Å². The Morgan fingerprint density at radius 3 is 3.00 bits per heavy atom. The van der Waals surface area contributed by atoms with Crippen molar-refractivity contribution in [3.63, 3.8) is 0 Å². The predicted octanol–water partition coefficient (Wildman–Crippen LogP) is 2.08. The molecule has 17 heavy (non-hydrogen) atoms. The van der Waals surface area contributed by atoms with E-state index in [1.165, 1.54) is 0 Å². The maximum Gasteiger partial charge on any atom is 0.330 e. The van der Waals surface area contributed by atoms with Gasteiger partial charge < -0.3 is 14.2 Å². The monoisotopic (exact) mass is 242 g/mol. The van der Waals surface area contributed by atoms with Crippen LogP contribution in [0.25, 0.3) is 0 Å². The van der Waals surface area contributed by atoms with Crippen molar-refractivity contribution in [2.75, 3.05) is 26.9 Å². The van der Waals surface area contributed by atoms with Crippen LogP contribution >= 0.6 is 0 Å². The summed E-state index contributed by atoms with van der Waals surface area (Å²) in [6.45, 7) is 3.48. The van der Waals surface area contributed by atoms with Crippen LogP contribution in [-0.4, -0.2) is 39.0 Å². The third-order valence-electron chi connectivity index (χ3n) is 2.76. The molecular weight excluding hydrogens is 220 g/mol. The van der Waals surface area contributed by atoms with E-state index in [0.717, 1.165) is 31.3 Å². The number of carbonyl (C=O) groups is 1. The lowest BCUT2D eigenvalue weighted by Crippen LogP contribution is -2.20. The normalized spacial score (nSPS) is 22.7. The zero-order chi connectivity index (χ0) is 12.5. The highest BCUT2D eigenvalue weighted by atomic mass is 16.5. The molecule has 1 atom stereocenters. The molecule has 1 aliphatic rings. The van der Waals surface area contributed by atoms with Gasteiger partial charge in [-0.1, -0.05) is 5.57 Å². The van der Waals surface area contributed by atoms with Crippen LogP contribution < -0.4 is 0 Å². The van der Waals surface area contributed by atoms with Crippen LogP contribution in [0.3, 0.4) is 0 Å². The molecule has 0 aromatic carbocycles. The summed E-state index contributed by atoms with van der Waals surface area (Å²) in [6.07, 6.45) is 5.78. The van der Waals surface area contributed by atoms with Crippen molar-refractivity contribution in [1.82, 2.24) is 0 Å². The van der Waals surface area contributed by atoms with E-state index in [1.54, 1.807) is 13.2 Å². The molecule has 0 aliphatic heterocycles. The van der Waals surface area contributed by atoms with E-state index < -0.39 is 0 Å². The van der Waals surface area contributed by atoms with Gasteiger partial charge in [-0.15, -0.1) is 0 Å². The summed E-state index contributed by atoms with van der Waals surface area (Å²) in [5, 5.41) is 0. The van der Waals surface area contributed by atoms with Gasteiger partial charge in [0.05, 0.1) is 25.9 Å². The average Bonchev–Trinajstić information content (AvgIpc) is 2.30. The Labute approximate surface area is 103 Å². The Morgan fingerprint density at radius 2 is 2.29 bits per heavy atom. The van der Waals surface area contributed by atoms with Crippen LogP contribution in [0, 0.1) is 0 Å². The minimum Gasteiger partial charge on any atom is -0.463 e. The van der Waals surface area contributed by atoms with Gasteiger partial charge in [0, 0.05) is 13.2 Å². The molecule has 1 fully saturated rings. The van der Waals surface area contributed by atoms with E-state index in [-0.39, 0.29) is 12.1 Å². The number of hydrogen-bond donors (Lipinski definition) is 0. The third kappa shape index (κ3) is 5.84. The van der Waals surface area contributed by atoms with Gasteiger partial charge in [-0.05, 0) is 32.6 Å². The first-order chi connectivity index (χ1) is 8.26. The van der Waals surface area contributed by atoms with Gasteiger partial charge in [-0.2, -0.15) is 0 Å². The van der Waals surface area contributed by atoms with Gasteiger partial charge in [-0.25, -0.2) is 4.79 Å². The first-order valence-electron chi connectivity index (χ1n) is 6.23. The second kappa shape index (κ2) is 8.25. The van der Waals surface area contributed by atoms with Crippen molar-refractivity contribution in [3.8, 4) is 0 Å². The zero-order valence-electron chi connectivity index (χ0n) is 10.7. The molecule has 0 aromatic heterocycles. The molecule has 1 aliphatic carbocycles. The molecule has 0 aromatic rings. The molecule has 1 unspecified atom stereocenters. The molecule has 0 N–H and O–H groups in total. The number of hydrogen-bond acceptors (Lipinski definition) is 4. The summed E-state index contributed by atoms with van der Waals surface area (Å²) in [7, 11) is 1.66. The summed E-state index contributed by atoms with van der Waals surface area (Å²) < 4.78 is 15.5. The molecule has 1 rings (SSSR count). The fraction of sp³-hybridized carbons (Fsp3) is 0.769. The minimum absolute atomic E-state index is 0.222. The molecular formula is C13H22O4. The Kier molecular flexibility index (Phi) is 6.89. The molecule has 4 nitrogen and oxygen atoms in total. The van der Waals surface area contributed by atoms with Crippen molar-refractivity contribution < 1.29 is 19.0 Å². The van der Waals surface area contributed by atoms with Crippen molar-refractivity contribution >= 4 is 5.97 Å². The first kappa shape index (κ1) is 14.2. The minimum atomic E-state index is -0.236. The lowest BCUT2D eigenvalue weighted by Gasteiger charge is -2.24. The summed E-state index contributed by atoms with van der Waals surface area (Å²) >= 11 is 0. The zero-order valence-corrected chi connectivity index (χ0v) is 10.7. The lowest BCUT2D eigenvalue weighted by atomic mass is 9.92. The average molecular weight is 242 g/mol. The van der Waals surface area contributed by atoms with Gasteiger partial charge in [0.1, 0.15) is 0 Å². The standard InChI is InChI=1S/C13H22O4/c1-3-16-13(14)10-11-5-4-6-12(9-11)17-8-7-15-2/h10,12H,3-9H2,1-2H3/b11-10+. The van der Waals surface area contributed by atoms with Crippen LogP contribution in [0.5, 0.6) is 0 Å². The highest BCUT2D eigenvalue weighted by Gasteiger charge is 2.18. The van der Waals surface area contributed by atoms with E-state index in [1.807, 2.05) is 6.92 Å². The number of rotatable bonds is 6. The van der Waals surface area contributed by atoms with Crippen molar-refractivity contribution in [1.29, 1.82) is 0 Å². The maximum absolute atomic E-state index is 11.3. The van der Waals surface area contributed by atoms with E-state index in [2.05, 4.69) is 0 Å². The highest BCUT2D eigenvalue weighted by Crippen LogP contribution is 2.25. The van der Waals surface area contributed by atoms with Gasteiger partial charge in [0.2, 0.25) is 0 Å². The van der Waals surface area contributed by atoms with Gasteiger partial charge in [0.25, 0.3) is 0 Å². The Morgan fingerprint density at radius 1 is 1.47 bits per heavy atom. The number of methoxy groups -OCH3 is 1. The van der Waals surface area contributed by atoms with Crippen molar-refractivity contribution in [3.05, 3.63) is 11.6 Å². The van der Waals surface area contributed by atoms with E-state index in [9.17, 15) is 4.79 Å². The molecule has 0 heterocycles. The molecule has 0 saturated heterocycles. The Hall–Kier alpha value is -0.870. The molecule has 0 bridgehead atoms. The van der Waals surface area contributed by atoms with Crippen LogP contribution in [0.1, 0.15) is 32.6 Å². The Bertz CT molecular complexity index is 260. The van der Waals surface area contributed by atoms with Crippen LogP contribution in [0.4, 0.5) is 0 Å². The smallest absolute Gasteiger partial charge is 0.330 e. The largest absolute Gasteiger partial charge is 0.463 e. The second-order valence-electron chi connectivity index (χ2n) is 4.14. The van der Waals surface area contributed by atoms with Crippen LogP contribution in [-0.2, 0) is 19.0 Å². The number of carbonyl (C=O) groups excluding carboxylic acids is 1. The van der Waals surface area contributed by atoms with E-state index in [4.69, 9.17) is 14.2 Å². The first-order valence-corrected chi connectivity index (χ1v) is 6.23. The molecule has 1 saturated carbocycles. The summed E-state index contributed by atoms with van der Waals surface area (Å²) in [6, 6.07) is 0. The lowest BCUT2D eigenvalue weighted by molar-refractivity contribution is -0.137. The van der Waals surface area contributed by atoms with E-state index in [0.29, 0.717) is 19.8 Å².